The second kappa shape index (κ2) is 9.35. The molecule has 1 aliphatic heterocycles. The molecule has 0 aromatic heterocycles. The lowest BCUT2D eigenvalue weighted by Gasteiger charge is -2.21. The Hall–Kier alpha value is -0.980. The Morgan fingerprint density at radius 3 is 2.74 bits per heavy atom. The van der Waals surface area contributed by atoms with Gasteiger partial charge in [-0.2, -0.15) is 0 Å². The summed E-state index contributed by atoms with van der Waals surface area (Å²) in [6.45, 7) is 5.17. The molecular weight excluding hydrogens is 384 g/mol. The minimum Gasteiger partial charge on any atom is -1.00 e. The van der Waals surface area contributed by atoms with Gasteiger partial charge in [-0.1, -0.05) is 0 Å². The summed E-state index contributed by atoms with van der Waals surface area (Å²) in [6.07, 6.45) is 2.39. The Kier molecular flexibility index (Phi) is 8.16. The molecule has 1 heterocycles. The Bertz CT molecular complexity index is 542. The average molecular weight is 408 g/mol. The zero-order valence-electron chi connectivity index (χ0n) is 13.7. The van der Waals surface area contributed by atoms with Gasteiger partial charge < -0.3 is 32.1 Å². The van der Waals surface area contributed by atoms with Gasteiger partial charge in [-0.3, -0.25) is 4.79 Å². The third-order valence-electron chi connectivity index (χ3n) is 4.31. The Morgan fingerprint density at radius 1 is 1.39 bits per heavy atom. The quantitative estimate of drug-likeness (QED) is 0.589. The number of quaternary nitrogens is 1. The van der Waals surface area contributed by atoms with E-state index < -0.39 is 0 Å². The molecule has 0 spiro atoms. The zero-order valence-corrected chi connectivity index (χ0v) is 16.1. The van der Waals surface area contributed by atoms with Gasteiger partial charge >= 0.3 is 0 Å². The molecule has 130 valence electrons. The zero-order chi connectivity index (χ0) is 16.1. The second-order valence-electron chi connectivity index (χ2n) is 5.47. The Balaban J connectivity index is 0.00000264. The van der Waals surface area contributed by atoms with E-state index in [0.29, 0.717) is 29.6 Å². The number of nitrogens with one attached hydrogen (secondary N) is 2. The van der Waals surface area contributed by atoms with E-state index in [9.17, 15) is 4.79 Å². The fourth-order valence-corrected chi connectivity index (χ4v) is 3.62. The Labute approximate surface area is 152 Å². The van der Waals surface area contributed by atoms with Crippen LogP contribution in [0.4, 0.5) is 0 Å². The van der Waals surface area contributed by atoms with Crippen molar-refractivity contribution in [2.24, 2.45) is 0 Å². The predicted octanol–water partition coefficient (Wildman–Crippen LogP) is -1.73. The molecule has 5 nitrogen and oxygen atoms in total. The summed E-state index contributed by atoms with van der Waals surface area (Å²) in [4.78, 5) is 14.2. The van der Waals surface area contributed by atoms with E-state index in [4.69, 9.17) is 9.47 Å². The van der Waals surface area contributed by atoms with Crippen molar-refractivity contribution in [1.82, 2.24) is 5.32 Å². The van der Waals surface area contributed by atoms with Gasteiger partial charge in [-0.05, 0) is 35.0 Å². The van der Waals surface area contributed by atoms with E-state index in [1.54, 1.807) is 25.2 Å². The van der Waals surface area contributed by atoms with E-state index in [1.165, 1.54) is 13.0 Å². The lowest BCUT2D eigenvalue weighted by molar-refractivity contribution is -0.909. The lowest BCUT2D eigenvalue weighted by Crippen LogP contribution is -3.14. The van der Waals surface area contributed by atoms with Crippen LogP contribution in [-0.2, 0) is 0 Å². The first-order valence-corrected chi connectivity index (χ1v) is 8.44. The number of carbonyl (C=O) groups is 1. The van der Waals surface area contributed by atoms with E-state index in [0.717, 1.165) is 17.4 Å². The average Bonchev–Trinajstić information content (AvgIpc) is 2.99. The molecule has 1 aromatic carbocycles. The van der Waals surface area contributed by atoms with E-state index >= 15 is 0 Å². The van der Waals surface area contributed by atoms with E-state index in [1.807, 2.05) is 6.07 Å². The molecule has 0 radical (unpaired) electrons. The first-order valence-electron chi connectivity index (χ1n) is 7.65. The number of likely N-dealkylation sites (tertiary alicyclic amines) is 1. The van der Waals surface area contributed by atoms with Gasteiger partial charge in [0.05, 0.1) is 38.3 Å². The van der Waals surface area contributed by atoms with Crippen molar-refractivity contribution in [3.8, 4) is 11.5 Å². The molecule has 0 bridgehead atoms. The molecule has 2 atom stereocenters. The molecule has 1 saturated heterocycles. The standard InChI is InChI=1S/C16H23BrN2O3.ClH/c1-4-19-9-5-6-11(19)10-18-16(20)14-13(21-2)8-7-12(17)15(14)22-3;/h7-8,11H,4-6,9-10H2,1-3H3,(H,18,20);1H/t11-;/m1./s1. The van der Waals surface area contributed by atoms with Crippen LogP contribution in [0, 0.1) is 0 Å². The largest absolute Gasteiger partial charge is 1.00 e. The number of benzene rings is 1. The first kappa shape index (κ1) is 20.1. The maximum Gasteiger partial charge on any atom is 0.259 e. The van der Waals surface area contributed by atoms with Gasteiger partial charge in [-0.15, -0.1) is 0 Å². The van der Waals surface area contributed by atoms with Crippen molar-refractivity contribution in [1.29, 1.82) is 0 Å². The topological polar surface area (TPSA) is 52.0 Å². The van der Waals surface area contributed by atoms with Gasteiger partial charge in [0.1, 0.15) is 23.1 Å². The van der Waals surface area contributed by atoms with Crippen LogP contribution in [0.15, 0.2) is 16.6 Å². The van der Waals surface area contributed by atoms with E-state index in [-0.39, 0.29) is 18.3 Å². The van der Waals surface area contributed by atoms with Crippen molar-refractivity contribution >= 4 is 21.8 Å². The lowest BCUT2D eigenvalue weighted by atomic mass is 10.1. The molecule has 0 aliphatic carbocycles. The molecule has 2 rings (SSSR count). The number of hydrogen-bond donors (Lipinski definition) is 2. The molecular formula is C16H24BrClN2O3. The summed E-state index contributed by atoms with van der Waals surface area (Å²) in [7, 11) is 3.11. The van der Waals surface area contributed by atoms with Crippen LogP contribution in [0.3, 0.4) is 0 Å². The fourth-order valence-electron chi connectivity index (χ4n) is 3.12. The third-order valence-corrected chi connectivity index (χ3v) is 4.94. The van der Waals surface area contributed by atoms with Crippen molar-refractivity contribution < 1.29 is 31.6 Å². The minimum absolute atomic E-state index is 0. The number of likely N-dealkylation sites (N-methyl/N-ethyl adjacent to an activating group) is 1. The summed E-state index contributed by atoms with van der Waals surface area (Å²) in [5.41, 5.74) is 0.440. The highest BCUT2D eigenvalue weighted by molar-refractivity contribution is 9.10. The molecule has 2 N–H and O–H groups in total. The van der Waals surface area contributed by atoms with Crippen molar-refractivity contribution in [3.05, 3.63) is 22.2 Å². The van der Waals surface area contributed by atoms with Crippen LogP contribution in [0.1, 0.15) is 30.1 Å². The predicted molar refractivity (Wildman–Crippen MR) is 89.0 cm³/mol. The molecule has 1 aliphatic rings. The molecule has 1 unspecified atom stereocenters. The van der Waals surface area contributed by atoms with Gasteiger partial charge in [0.2, 0.25) is 0 Å². The molecule has 1 fully saturated rings. The number of methoxy groups -OCH3 is 2. The number of carbonyl (C=O) groups excluding carboxylic acids is 1. The minimum atomic E-state index is -0.155. The van der Waals surface area contributed by atoms with Crippen LogP contribution < -0.4 is 32.1 Å². The normalized spacial score (nSPS) is 19.8. The molecule has 1 amide bonds. The third kappa shape index (κ3) is 4.52. The highest BCUT2D eigenvalue weighted by Gasteiger charge is 2.28. The molecule has 1 aromatic rings. The van der Waals surface area contributed by atoms with Crippen LogP contribution in [0.5, 0.6) is 11.5 Å². The van der Waals surface area contributed by atoms with Crippen LogP contribution in [0.2, 0.25) is 0 Å². The van der Waals surface area contributed by atoms with Crippen molar-refractivity contribution in [2.45, 2.75) is 25.8 Å². The molecule has 0 saturated carbocycles. The number of rotatable bonds is 6. The number of ether oxygens (including phenoxy) is 2. The highest BCUT2D eigenvalue weighted by atomic mass is 79.9. The van der Waals surface area contributed by atoms with Crippen LogP contribution >= 0.6 is 15.9 Å². The number of hydrogen-bond acceptors (Lipinski definition) is 3. The monoisotopic (exact) mass is 406 g/mol. The fraction of sp³-hybridized carbons (Fsp3) is 0.562. The van der Waals surface area contributed by atoms with Gasteiger partial charge in [-0.25, -0.2) is 0 Å². The second-order valence-corrected chi connectivity index (χ2v) is 6.32. The summed E-state index contributed by atoms with van der Waals surface area (Å²) in [6, 6.07) is 4.08. The molecule has 7 heteroatoms. The maximum atomic E-state index is 12.6. The summed E-state index contributed by atoms with van der Waals surface area (Å²) in [5.74, 6) is 0.865. The number of amides is 1. The SMILES string of the molecule is CC[NH+]1CCC[C@@H]1CNC(=O)c1c(OC)ccc(Br)c1OC.[Cl-]. The molecule has 23 heavy (non-hydrogen) atoms. The van der Waals surface area contributed by atoms with Crippen molar-refractivity contribution in [3.63, 3.8) is 0 Å². The maximum absolute atomic E-state index is 12.6. The first-order chi connectivity index (χ1) is 10.6. The van der Waals surface area contributed by atoms with Gasteiger partial charge in [0.25, 0.3) is 5.91 Å². The number of halogens is 2. The smallest absolute Gasteiger partial charge is 0.259 e. The van der Waals surface area contributed by atoms with Crippen LogP contribution in [-0.4, -0.2) is 45.8 Å². The van der Waals surface area contributed by atoms with Gasteiger partial charge in [0.15, 0.2) is 0 Å². The Morgan fingerprint density at radius 2 is 2.13 bits per heavy atom. The van der Waals surface area contributed by atoms with Gasteiger partial charge in [0, 0.05) is 12.8 Å². The highest BCUT2D eigenvalue weighted by Crippen LogP contribution is 2.35. The van der Waals surface area contributed by atoms with E-state index in [2.05, 4.69) is 28.2 Å². The summed E-state index contributed by atoms with van der Waals surface area (Å²) < 4.78 is 11.4. The summed E-state index contributed by atoms with van der Waals surface area (Å²) >= 11 is 3.41. The summed E-state index contributed by atoms with van der Waals surface area (Å²) in [5, 5.41) is 3.04. The van der Waals surface area contributed by atoms with Crippen molar-refractivity contribution in [2.75, 3.05) is 33.9 Å². The van der Waals surface area contributed by atoms with Crippen LogP contribution in [0.25, 0.3) is 0 Å².